The van der Waals surface area contributed by atoms with Crippen LogP contribution in [0.1, 0.15) is 47.7 Å². The molecule has 0 saturated carbocycles. The quantitative estimate of drug-likeness (QED) is 0.913. The highest BCUT2D eigenvalue weighted by atomic mass is 16.4. The van der Waals surface area contributed by atoms with Crippen LogP contribution in [-0.2, 0) is 11.2 Å². The molecule has 0 spiro atoms. The third kappa shape index (κ3) is 2.78. The van der Waals surface area contributed by atoms with Crippen molar-refractivity contribution < 1.29 is 14.7 Å². The number of aliphatic carboxylic acids is 1. The molecule has 2 unspecified atom stereocenters. The average Bonchev–Trinajstić information content (AvgIpc) is 2.53. The first-order chi connectivity index (χ1) is 10.6. The number of fused-ring (bicyclic) bond motifs is 1. The number of hydrogen-bond acceptors (Lipinski definition) is 2. The molecule has 4 heteroatoms. The number of amides is 1. The molecule has 1 fully saturated rings. The Morgan fingerprint density at radius 2 is 2.14 bits per heavy atom. The van der Waals surface area contributed by atoms with Crippen LogP contribution in [0.4, 0.5) is 0 Å². The summed E-state index contributed by atoms with van der Waals surface area (Å²) in [7, 11) is 0. The van der Waals surface area contributed by atoms with Crippen molar-refractivity contribution in [3.63, 3.8) is 0 Å². The lowest BCUT2D eigenvalue weighted by atomic mass is 9.91. The van der Waals surface area contributed by atoms with E-state index >= 15 is 0 Å². The predicted molar refractivity (Wildman–Crippen MR) is 84.7 cm³/mol. The maximum atomic E-state index is 12.8. The van der Waals surface area contributed by atoms with Gasteiger partial charge in [-0.25, -0.2) is 4.79 Å². The van der Waals surface area contributed by atoms with Gasteiger partial charge in [-0.2, -0.15) is 0 Å². The first-order valence-electron chi connectivity index (χ1n) is 7.89. The van der Waals surface area contributed by atoms with Crippen molar-refractivity contribution in [3.05, 3.63) is 41.0 Å². The van der Waals surface area contributed by atoms with Crippen LogP contribution < -0.4 is 0 Å². The molecule has 0 bridgehead atoms. The van der Waals surface area contributed by atoms with Crippen LogP contribution in [0.3, 0.4) is 0 Å². The molecule has 3 rings (SSSR count). The molecular weight excluding hydrogens is 278 g/mol. The molecule has 0 radical (unpaired) electrons. The van der Waals surface area contributed by atoms with Gasteiger partial charge in [0.25, 0.3) is 5.91 Å². The normalized spacial score (nSPS) is 24.0. The Bertz CT molecular complexity index is 635. The Labute approximate surface area is 130 Å². The summed E-state index contributed by atoms with van der Waals surface area (Å²) >= 11 is 0. The maximum absolute atomic E-state index is 12.8. The molecule has 1 amide bonds. The summed E-state index contributed by atoms with van der Waals surface area (Å²) in [4.78, 5) is 25.8. The van der Waals surface area contributed by atoms with E-state index in [0.717, 1.165) is 24.8 Å². The Kier molecular flexibility index (Phi) is 4.01. The van der Waals surface area contributed by atoms with Gasteiger partial charge in [0, 0.05) is 12.1 Å². The second-order valence-electron chi connectivity index (χ2n) is 6.34. The van der Waals surface area contributed by atoms with Gasteiger partial charge < -0.3 is 10.0 Å². The summed E-state index contributed by atoms with van der Waals surface area (Å²) in [6.45, 7) is 2.57. The molecule has 2 aliphatic rings. The van der Waals surface area contributed by atoms with Crippen LogP contribution in [-0.4, -0.2) is 34.5 Å². The summed E-state index contributed by atoms with van der Waals surface area (Å²) in [5.74, 6) is -0.712. The fourth-order valence-electron chi connectivity index (χ4n) is 3.35. The van der Waals surface area contributed by atoms with E-state index in [9.17, 15) is 14.7 Å². The summed E-state index contributed by atoms with van der Waals surface area (Å²) in [5, 5.41) is 9.41. The summed E-state index contributed by atoms with van der Waals surface area (Å²) in [6, 6.07) is 5.00. The van der Waals surface area contributed by atoms with Gasteiger partial charge in [-0.15, -0.1) is 0 Å². The van der Waals surface area contributed by atoms with E-state index in [1.165, 1.54) is 10.5 Å². The van der Waals surface area contributed by atoms with Gasteiger partial charge in [0.05, 0.1) is 0 Å². The average molecular weight is 299 g/mol. The summed E-state index contributed by atoms with van der Waals surface area (Å²) < 4.78 is 0. The lowest BCUT2D eigenvalue weighted by Gasteiger charge is -2.36. The van der Waals surface area contributed by atoms with Crippen molar-refractivity contribution in [2.24, 2.45) is 5.92 Å². The minimum Gasteiger partial charge on any atom is -0.480 e. The van der Waals surface area contributed by atoms with E-state index in [0.29, 0.717) is 24.4 Å². The van der Waals surface area contributed by atoms with Gasteiger partial charge in [-0.1, -0.05) is 25.1 Å². The number of piperidine rings is 1. The number of aryl methyl sites for hydroxylation is 1. The number of carboxylic acids is 1. The van der Waals surface area contributed by atoms with Gasteiger partial charge in [-0.05, 0) is 54.9 Å². The highest BCUT2D eigenvalue weighted by Gasteiger charge is 2.35. The Morgan fingerprint density at radius 3 is 2.91 bits per heavy atom. The van der Waals surface area contributed by atoms with Gasteiger partial charge in [-0.3, -0.25) is 4.79 Å². The fraction of sp³-hybridized carbons (Fsp3) is 0.444. The molecule has 1 aromatic carbocycles. The molecule has 22 heavy (non-hydrogen) atoms. The topological polar surface area (TPSA) is 57.6 Å². The molecule has 1 saturated heterocycles. The Morgan fingerprint density at radius 1 is 1.32 bits per heavy atom. The van der Waals surface area contributed by atoms with Crippen molar-refractivity contribution in [1.82, 2.24) is 4.90 Å². The smallest absolute Gasteiger partial charge is 0.326 e. The van der Waals surface area contributed by atoms with Crippen LogP contribution in [0.25, 0.3) is 6.08 Å². The number of hydrogen-bond donors (Lipinski definition) is 1. The van der Waals surface area contributed by atoms with Gasteiger partial charge in [0.2, 0.25) is 0 Å². The third-order valence-electron chi connectivity index (χ3n) is 4.68. The number of carbonyl (C=O) groups is 2. The fourth-order valence-corrected chi connectivity index (χ4v) is 3.35. The molecule has 1 aliphatic heterocycles. The van der Waals surface area contributed by atoms with Crippen LogP contribution >= 0.6 is 0 Å². The van der Waals surface area contributed by atoms with Crippen molar-refractivity contribution in [2.45, 2.75) is 38.6 Å². The molecule has 1 aliphatic carbocycles. The van der Waals surface area contributed by atoms with E-state index in [1.807, 2.05) is 25.1 Å². The van der Waals surface area contributed by atoms with E-state index in [-0.39, 0.29) is 5.91 Å². The Balaban J connectivity index is 1.86. The summed E-state index contributed by atoms with van der Waals surface area (Å²) in [6.07, 6.45) is 7.54. The van der Waals surface area contributed by atoms with Crippen molar-refractivity contribution >= 4 is 18.0 Å². The number of nitrogens with zero attached hydrogens (tertiary/aromatic N) is 1. The van der Waals surface area contributed by atoms with Crippen LogP contribution in [0.15, 0.2) is 24.3 Å². The van der Waals surface area contributed by atoms with Crippen molar-refractivity contribution in [1.29, 1.82) is 0 Å². The largest absolute Gasteiger partial charge is 0.480 e. The van der Waals surface area contributed by atoms with Crippen LogP contribution in [0.5, 0.6) is 0 Å². The molecular formula is C18H21NO3. The molecule has 2 atom stereocenters. The summed E-state index contributed by atoms with van der Waals surface area (Å²) in [5.41, 5.74) is 2.94. The van der Waals surface area contributed by atoms with Crippen LogP contribution in [0, 0.1) is 5.92 Å². The number of allylic oxidation sites excluding steroid dienone is 1. The lowest BCUT2D eigenvalue weighted by Crippen LogP contribution is -2.49. The second kappa shape index (κ2) is 5.95. The van der Waals surface area contributed by atoms with E-state index in [1.54, 1.807) is 0 Å². The third-order valence-corrected chi connectivity index (χ3v) is 4.68. The predicted octanol–water partition coefficient (Wildman–Crippen LogP) is 2.97. The zero-order chi connectivity index (χ0) is 15.7. The Hall–Kier alpha value is -2.10. The highest BCUT2D eigenvalue weighted by Crippen LogP contribution is 2.26. The molecule has 1 heterocycles. The molecule has 1 aromatic rings. The zero-order valence-electron chi connectivity index (χ0n) is 12.8. The second-order valence-corrected chi connectivity index (χ2v) is 6.34. The standard InChI is InChI=1S/C18H21NO3/c1-12-8-9-19(16(10-12)18(21)22)17(20)15-7-6-13-4-2-3-5-14(13)11-15/h2,4,6-7,11-12,16H,3,5,8-10H2,1H3,(H,21,22). The van der Waals surface area contributed by atoms with Crippen molar-refractivity contribution in [3.8, 4) is 0 Å². The first kappa shape index (κ1) is 14.8. The molecule has 4 nitrogen and oxygen atoms in total. The minimum atomic E-state index is -0.902. The highest BCUT2D eigenvalue weighted by molar-refractivity contribution is 5.97. The van der Waals surface area contributed by atoms with Gasteiger partial charge in [0.15, 0.2) is 0 Å². The van der Waals surface area contributed by atoms with E-state index in [2.05, 4.69) is 12.2 Å². The molecule has 0 aromatic heterocycles. The lowest BCUT2D eigenvalue weighted by molar-refractivity contribution is -0.144. The van der Waals surface area contributed by atoms with E-state index < -0.39 is 12.0 Å². The van der Waals surface area contributed by atoms with Crippen LogP contribution in [0.2, 0.25) is 0 Å². The maximum Gasteiger partial charge on any atom is 0.326 e. The number of carboxylic acid groups (broad SMARTS) is 1. The van der Waals surface area contributed by atoms with Gasteiger partial charge in [0.1, 0.15) is 6.04 Å². The van der Waals surface area contributed by atoms with Crippen molar-refractivity contribution in [2.75, 3.05) is 6.54 Å². The number of benzene rings is 1. The minimum absolute atomic E-state index is 0.156. The SMILES string of the molecule is CC1CCN(C(=O)c2ccc3c(c2)CCC=C3)C(C(=O)O)C1. The van der Waals surface area contributed by atoms with E-state index in [4.69, 9.17) is 0 Å². The van der Waals surface area contributed by atoms with Gasteiger partial charge >= 0.3 is 5.97 Å². The zero-order valence-corrected chi connectivity index (χ0v) is 12.8. The molecule has 116 valence electrons. The first-order valence-corrected chi connectivity index (χ1v) is 7.89. The number of rotatable bonds is 2. The number of likely N-dealkylation sites (tertiary alicyclic amines) is 1. The molecule has 1 N–H and O–H groups in total. The monoisotopic (exact) mass is 299 g/mol. The number of carbonyl (C=O) groups excluding carboxylic acids is 1.